The number of likely N-dealkylation sites (tertiary alicyclic amines) is 1. The topological polar surface area (TPSA) is 58.4 Å². The molecule has 0 bridgehead atoms. The second-order valence-corrected chi connectivity index (χ2v) is 5.99. The van der Waals surface area contributed by atoms with Gasteiger partial charge in [0.25, 0.3) is 5.91 Å². The lowest BCUT2D eigenvalue weighted by atomic mass is 10.1. The molecule has 0 aliphatic carbocycles. The fourth-order valence-corrected chi connectivity index (χ4v) is 2.98. The molecule has 1 amide bonds. The van der Waals surface area contributed by atoms with Crippen LogP contribution >= 0.6 is 24.0 Å². The first kappa shape index (κ1) is 17.8. The third-order valence-electron chi connectivity index (χ3n) is 3.90. The molecule has 1 aliphatic heterocycles. The predicted octanol–water partition coefficient (Wildman–Crippen LogP) is 3.10. The van der Waals surface area contributed by atoms with E-state index in [0.717, 1.165) is 31.6 Å². The fraction of sp³-hybridized carbons (Fsp3) is 0.375. The van der Waals surface area contributed by atoms with Crippen molar-refractivity contribution in [2.24, 2.45) is 5.92 Å². The Bertz CT molecular complexity index is 675. The van der Waals surface area contributed by atoms with Crippen LogP contribution in [0.4, 0.5) is 0 Å². The molecule has 1 aromatic heterocycles. The van der Waals surface area contributed by atoms with Gasteiger partial charge in [-0.3, -0.25) is 4.79 Å². The number of nitrogens with one attached hydrogen (secondary N) is 1. The summed E-state index contributed by atoms with van der Waals surface area (Å²) in [5.74, 6) is 0.987. The minimum absolute atomic E-state index is 0. The van der Waals surface area contributed by atoms with Gasteiger partial charge in [0.2, 0.25) is 0 Å². The van der Waals surface area contributed by atoms with Gasteiger partial charge in [-0.15, -0.1) is 12.4 Å². The molecule has 23 heavy (non-hydrogen) atoms. The number of amides is 1. The van der Waals surface area contributed by atoms with E-state index in [1.807, 2.05) is 24.1 Å². The van der Waals surface area contributed by atoms with E-state index < -0.39 is 0 Å². The zero-order valence-electron chi connectivity index (χ0n) is 12.8. The van der Waals surface area contributed by atoms with E-state index in [1.165, 1.54) is 0 Å². The second-order valence-electron chi connectivity index (χ2n) is 5.55. The number of hydrogen-bond donors (Lipinski definition) is 1. The van der Waals surface area contributed by atoms with E-state index >= 15 is 0 Å². The van der Waals surface area contributed by atoms with Gasteiger partial charge < -0.3 is 14.7 Å². The van der Waals surface area contributed by atoms with Crippen LogP contribution in [-0.4, -0.2) is 42.6 Å². The summed E-state index contributed by atoms with van der Waals surface area (Å²) in [5, 5.41) is 7.69. The Morgan fingerprint density at radius 1 is 1.48 bits per heavy atom. The van der Waals surface area contributed by atoms with Crippen molar-refractivity contribution in [1.82, 2.24) is 15.4 Å². The Kier molecular flexibility index (Phi) is 6.04. The highest BCUT2D eigenvalue weighted by molar-refractivity contribution is 6.30. The maximum Gasteiger partial charge on any atom is 0.276 e. The van der Waals surface area contributed by atoms with E-state index in [1.54, 1.807) is 18.2 Å². The van der Waals surface area contributed by atoms with E-state index in [9.17, 15) is 4.79 Å². The van der Waals surface area contributed by atoms with Crippen LogP contribution < -0.4 is 5.32 Å². The van der Waals surface area contributed by atoms with Crippen molar-refractivity contribution >= 4 is 29.9 Å². The number of benzene rings is 1. The third kappa shape index (κ3) is 4.05. The van der Waals surface area contributed by atoms with Crippen LogP contribution in [0.5, 0.6) is 0 Å². The summed E-state index contributed by atoms with van der Waals surface area (Å²) in [6.45, 7) is 2.46. The number of halogens is 2. The van der Waals surface area contributed by atoms with Gasteiger partial charge in [0.15, 0.2) is 11.5 Å². The van der Waals surface area contributed by atoms with Crippen molar-refractivity contribution in [3.8, 4) is 11.3 Å². The zero-order valence-corrected chi connectivity index (χ0v) is 14.4. The van der Waals surface area contributed by atoms with Gasteiger partial charge in [-0.1, -0.05) is 28.9 Å². The van der Waals surface area contributed by atoms with Crippen LogP contribution in [0.3, 0.4) is 0 Å². The van der Waals surface area contributed by atoms with Crippen LogP contribution in [0.2, 0.25) is 5.02 Å². The van der Waals surface area contributed by atoms with E-state index in [4.69, 9.17) is 16.1 Å². The first-order valence-corrected chi connectivity index (χ1v) is 7.71. The molecular formula is C16H19Cl2N3O2. The highest BCUT2D eigenvalue weighted by atomic mass is 35.5. The summed E-state index contributed by atoms with van der Waals surface area (Å²) in [6.07, 6.45) is 1.02. The van der Waals surface area contributed by atoms with Gasteiger partial charge >= 0.3 is 0 Å². The zero-order chi connectivity index (χ0) is 15.5. The molecule has 124 valence electrons. The first-order chi connectivity index (χ1) is 10.7. The first-order valence-electron chi connectivity index (χ1n) is 7.34. The molecule has 2 aromatic rings. The van der Waals surface area contributed by atoms with E-state index in [2.05, 4.69) is 10.5 Å². The quantitative estimate of drug-likeness (QED) is 0.915. The van der Waals surface area contributed by atoms with Gasteiger partial charge in [0.05, 0.1) is 0 Å². The minimum Gasteiger partial charge on any atom is -0.355 e. The van der Waals surface area contributed by atoms with Gasteiger partial charge in [-0.05, 0) is 38.1 Å². The molecule has 5 nitrogen and oxygen atoms in total. The summed E-state index contributed by atoms with van der Waals surface area (Å²) in [4.78, 5) is 14.3. The molecule has 3 rings (SSSR count). The Morgan fingerprint density at radius 3 is 3.04 bits per heavy atom. The SMILES string of the molecule is CNCC1CCN(C(=O)c2cc(-c3cccc(Cl)c3)on2)C1.Cl. The number of nitrogens with zero attached hydrogens (tertiary/aromatic N) is 2. The lowest BCUT2D eigenvalue weighted by Crippen LogP contribution is -2.30. The number of hydrogen-bond acceptors (Lipinski definition) is 4. The lowest BCUT2D eigenvalue weighted by molar-refractivity contribution is 0.0777. The van der Waals surface area contributed by atoms with Crippen LogP contribution in [0.15, 0.2) is 34.9 Å². The molecule has 0 radical (unpaired) electrons. The maximum atomic E-state index is 12.5. The minimum atomic E-state index is -0.0735. The van der Waals surface area contributed by atoms with Crippen LogP contribution in [-0.2, 0) is 0 Å². The molecule has 1 aliphatic rings. The highest BCUT2D eigenvalue weighted by Crippen LogP contribution is 2.25. The maximum absolute atomic E-state index is 12.5. The summed E-state index contributed by atoms with van der Waals surface area (Å²) in [7, 11) is 1.93. The molecule has 1 fully saturated rings. The Balaban J connectivity index is 0.00000192. The van der Waals surface area contributed by atoms with E-state index in [-0.39, 0.29) is 18.3 Å². The standard InChI is InChI=1S/C16H18ClN3O2.ClH/c1-18-9-11-5-6-20(10-11)16(21)14-8-15(22-19-14)12-3-2-4-13(17)7-12;/h2-4,7-8,11,18H,5-6,9-10H2,1H3;1H. The molecule has 7 heteroatoms. The molecule has 1 saturated heterocycles. The van der Waals surface area contributed by atoms with Crippen molar-refractivity contribution in [3.05, 3.63) is 41.0 Å². The number of aromatic nitrogens is 1. The average molecular weight is 356 g/mol. The summed E-state index contributed by atoms with van der Waals surface area (Å²) in [6, 6.07) is 8.97. The molecule has 2 heterocycles. The average Bonchev–Trinajstić information content (AvgIpc) is 3.16. The van der Waals surface area contributed by atoms with Gasteiger partial charge in [0, 0.05) is 29.7 Å². The largest absolute Gasteiger partial charge is 0.355 e. The van der Waals surface area contributed by atoms with Crippen LogP contribution in [0.25, 0.3) is 11.3 Å². The lowest BCUT2D eigenvalue weighted by Gasteiger charge is -2.14. The number of carbonyl (C=O) groups is 1. The van der Waals surface area contributed by atoms with Gasteiger partial charge in [-0.25, -0.2) is 0 Å². The predicted molar refractivity (Wildman–Crippen MR) is 92.1 cm³/mol. The van der Waals surface area contributed by atoms with Crippen molar-refractivity contribution in [3.63, 3.8) is 0 Å². The molecule has 1 unspecified atom stereocenters. The van der Waals surface area contributed by atoms with Crippen molar-refractivity contribution in [2.45, 2.75) is 6.42 Å². The van der Waals surface area contributed by atoms with Crippen LogP contribution in [0.1, 0.15) is 16.9 Å². The van der Waals surface area contributed by atoms with Crippen molar-refractivity contribution in [1.29, 1.82) is 0 Å². The smallest absolute Gasteiger partial charge is 0.276 e. The number of rotatable bonds is 4. The highest BCUT2D eigenvalue weighted by Gasteiger charge is 2.28. The summed E-state index contributed by atoms with van der Waals surface area (Å²) < 4.78 is 5.29. The molecule has 1 aromatic carbocycles. The molecule has 1 N–H and O–H groups in total. The van der Waals surface area contributed by atoms with Gasteiger partial charge in [0.1, 0.15) is 0 Å². The Hall–Kier alpha value is -1.56. The summed E-state index contributed by atoms with van der Waals surface area (Å²) >= 11 is 5.97. The monoisotopic (exact) mass is 355 g/mol. The second kappa shape index (κ2) is 7.81. The fourth-order valence-electron chi connectivity index (χ4n) is 2.79. The number of carbonyl (C=O) groups excluding carboxylic acids is 1. The Morgan fingerprint density at radius 2 is 2.30 bits per heavy atom. The van der Waals surface area contributed by atoms with Gasteiger partial charge in [-0.2, -0.15) is 0 Å². The normalized spacial score (nSPS) is 17.1. The van der Waals surface area contributed by atoms with Crippen molar-refractivity contribution in [2.75, 3.05) is 26.7 Å². The summed E-state index contributed by atoms with van der Waals surface area (Å²) in [5.41, 5.74) is 1.16. The van der Waals surface area contributed by atoms with E-state index in [0.29, 0.717) is 22.4 Å². The molecule has 0 spiro atoms. The third-order valence-corrected chi connectivity index (χ3v) is 4.14. The molecule has 1 atom stereocenters. The van der Waals surface area contributed by atoms with Crippen LogP contribution in [0, 0.1) is 5.92 Å². The molecular weight excluding hydrogens is 337 g/mol. The Labute approximate surface area is 146 Å². The van der Waals surface area contributed by atoms with Crippen molar-refractivity contribution < 1.29 is 9.32 Å². The molecule has 0 saturated carbocycles.